The number of hydrogen-bond donors (Lipinski definition) is 1. The molecule has 0 fully saturated rings. The normalized spacial score (nSPS) is 17.9. The predicted molar refractivity (Wildman–Crippen MR) is 106 cm³/mol. The Balaban J connectivity index is 1.75. The van der Waals surface area contributed by atoms with Crippen LogP contribution in [0.15, 0.2) is 35.6 Å². The molecule has 0 saturated heterocycles. The monoisotopic (exact) mass is 363 g/mol. The lowest BCUT2D eigenvalue weighted by Crippen LogP contribution is -2.21. The number of aromatic nitrogens is 1. The molecule has 1 aromatic carbocycles. The molecule has 5 heteroatoms. The van der Waals surface area contributed by atoms with Crippen molar-refractivity contribution in [2.45, 2.75) is 26.8 Å². The number of rotatable bonds is 2. The van der Waals surface area contributed by atoms with Crippen molar-refractivity contribution in [3.63, 3.8) is 0 Å². The van der Waals surface area contributed by atoms with Crippen LogP contribution in [-0.2, 0) is 17.7 Å². The lowest BCUT2D eigenvalue weighted by atomic mass is 9.98. The Hall–Kier alpha value is -2.66. The standard InChI is InChI=1S/C22H22FN3O/c1-11-7-19-21-15(9-26(19)13(3)16(11)10-27-4)12(2)20-18(25-21)8-17(23)14-5-6-24-22(14)20/h7-8,24H,3,5-6,9-10H2,1-2,4H3. The molecule has 0 unspecified atom stereocenters. The van der Waals surface area contributed by atoms with Crippen molar-refractivity contribution in [2.24, 2.45) is 0 Å². The van der Waals surface area contributed by atoms with Crippen LogP contribution in [0.4, 0.5) is 10.1 Å². The molecule has 0 radical (unpaired) electrons. The Bertz CT molecular complexity index is 1100. The topological polar surface area (TPSA) is 37.4 Å². The third-order valence-corrected chi connectivity index (χ3v) is 6.02. The number of pyridine rings is 1. The zero-order valence-corrected chi connectivity index (χ0v) is 15.9. The zero-order chi connectivity index (χ0) is 18.9. The molecule has 0 aliphatic carbocycles. The van der Waals surface area contributed by atoms with Gasteiger partial charge in [0.15, 0.2) is 0 Å². The van der Waals surface area contributed by atoms with Gasteiger partial charge in [0.2, 0.25) is 0 Å². The fraction of sp³-hybridized carbons (Fsp3) is 0.318. The molecule has 0 spiro atoms. The number of allylic oxidation sites excluding steroid dienone is 2. The SMILES string of the molecule is C=C1C(COC)=C(C)C=C2c3nc4cc(F)c5c(c4c(C)c3CN12)NCC5. The lowest BCUT2D eigenvalue weighted by molar-refractivity contribution is 0.223. The Kier molecular flexibility index (Phi) is 3.46. The van der Waals surface area contributed by atoms with E-state index >= 15 is 0 Å². The van der Waals surface area contributed by atoms with Crippen LogP contribution in [-0.4, -0.2) is 30.1 Å². The molecule has 1 aromatic heterocycles. The van der Waals surface area contributed by atoms with Crippen LogP contribution in [0.5, 0.6) is 0 Å². The first kappa shape index (κ1) is 16.5. The van der Waals surface area contributed by atoms with Gasteiger partial charge in [0.25, 0.3) is 0 Å². The maximum atomic E-state index is 14.6. The number of halogens is 1. The lowest BCUT2D eigenvalue weighted by Gasteiger charge is -2.29. The highest BCUT2D eigenvalue weighted by Crippen LogP contribution is 2.45. The zero-order valence-electron chi connectivity index (χ0n) is 15.9. The van der Waals surface area contributed by atoms with E-state index in [9.17, 15) is 4.39 Å². The van der Waals surface area contributed by atoms with Crippen LogP contribution >= 0.6 is 0 Å². The molecule has 2 aromatic rings. The second kappa shape index (κ2) is 5.67. The van der Waals surface area contributed by atoms with Crippen LogP contribution in [0.2, 0.25) is 0 Å². The highest BCUT2D eigenvalue weighted by atomic mass is 19.1. The van der Waals surface area contributed by atoms with Crippen LogP contribution in [0.1, 0.15) is 29.3 Å². The first-order valence-corrected chi connectivity index (χ1v) is 9.27. The van der Waals surface area contributed by atoms with E-state index in [2.05, 4.69) is 36.7 Å². The third-order valence-electron chi connectivity index (χ3n) is 6.02. The fourth-order valence-electron chi connectivity index (χ4n) is 4.60. The summed E-state index contributed by atoms with van der Waals surface area (Å²) < 4.78 is 19.9. The van der Waals surface area contributed by atoms with Gasteiger partial charge >= 0.3 is 0 Å². The second-order valence-corrected chi connectivity index (χ2v) is 7.50. The number of nitrogens with zero attached hydrogens (tertiary/aromatic N) is 2. The van der Waals surface area contributed by atoms with Gasteiger partial charge in [-0.05, 0) is 37.5 Å². The third kappa shape index (κ3) is 2.15. The molecule has 5 rings (SSSR count). The largest absolute Gasteiger partial charge is 0.384 e. The van der Waals surface area contributed by atoms with Gasteiger partial charge in [0.05, 0.1) is 35.7 Å². The fourth-order valence-corrected chi connectivity index (χ4v) is 4.60. The molecule has 3 aliphatic rings. The summed E-state index contributed by atoms with van der Waals surface area (Å²) in [6, 6.07) is 1.59. The molecule has 4 heterocycles. The molecule has 0 saturated carbocycles. The Labute approximate surface area is 158 Å². The average Bonchev–Trinajstić information content (AvgIpc) is 3.25. The Morgan fingerprint density at radius 1 is 1.33 bits per heavy atom. The van der Waals surface area contributed by atoms with E-state index in [0.717, 1.165) is 69.9 Å². The number of nitrogens with one attached hydrogen (secondary N) is 1. The molecular formula is C22H22FN3O. The summed E-state index contributed by atoms with van der Waals surface area (Å²) in [6.45, 7) is 10.6. The van der Waals surface area contributed by atoms with Crippen molar-refractivity contribution in [1.82, 2.24) is 9.88 Å². The van der Waals surface area contributed by atoms with Crippen LogP contribution in [0.3, 0.4) is 0 Å². The van der Waals surface area contributed by atoms with Crippen molar-refractivity contribution in [3.8, 4) is 0 Å². The number of fused-ring (bicyclic) bond motifs is 6. The molecule has 3 aliphatic heterocycles. The molecule has 0 bridgehead atoms. The highest BCUT2D eigenvalue weighted by molar-refractivity contribution is 5.99. The van der Waals surface area contributed by atoms with Gasteiger partial charge in [-0.15, -0.1) is 0 Å². The van der Waals surface area contributed by atoms with Crippen molar-refractivity contribution in [1.29, 1.82) is 0 Å². The first-order chi connectivity index (χ1) is 13.0. The summed E-state index contributed by atoms with van der Waals surface area (Å²) in [6.07, 6.45) is 2.88. The Morgan fingerprint density at radius 3 is 2.93 bits per heavy atom. The van der Waals surface area contributed by atoms with E-state index in [1.165, 1.54) is 11.1 Å². The maximum Gasteiger partial charge on any atom is 0.130 e. The summed E-state index contributed by atoms with van der Waals surface area (Å²) >= 11 is 0. The van der Waals surface area contributed by atoms with Crippen LogP contribution in [0, 0.1) is 12.7 Å². The summed E-state index contributed by atoms with van der Waals surface area (Å²) in [5, 5.41) is 4.42. The van der Waals surface area contributed by atoms with E-state index in [1.807, 2.05) is 0 Å². The van der Waals surface area contributed by atoms with Crippen LogP contribution in [0.25, 0.3) is 16.6 Å². The van der Waals surface area contributed by atoms with Crippen molar-refractivity contribution in [2.75, 3.05) is 25.6 Å². The van der Waals surface area contributed by atoms with Crippen molar-refractivity contribution in [3.05, 3.63) is 63.8 Å². The minimum Gasteiger partial charge on any atom is -0.384 e. The smallest absolute Gasteiger partial charge is 0.130 e. The second-order valence-electron chi connectivity index (χ2n) is 7.50. The van der Waals surface area contributed by atoms with Gasteiger partial charge in [-0.3, -0.25) is 0 Å². The molecular weight excluding hydrogens is 341 g/mol. The van der Waals surface area contributed by atoms with E-state index in [-0.39, 0.29) is 5.82 Å². The van der Waals surface area contributed by atoms with Gasteiger partial charge < -0.3 is 15.0 Å². The average molecular weight is 363 g/mol. The van der Waals surface area contributed by atoms with Gasteiger partial charge in [-0.1, -0.05) is 6.58 Å². The summed E-state index contributed by atoms with van der Waals surface area (Å²) in [5.41, 5.74) is 10.0. The van der Waals surface area contributed by atoms with E-state index < -0.39 is 0 Å². The van der Waals surface area contributed by atoms with Gasteiger partial charge in [0, 0.05) is 47.5 Å². The highest BCUT2D eigenvalue weighted by Gasteiger charge is 2.34. The molecule has 27 heavy (non-hydrogen) atoms. The number of aryl methyl sites for hydroxylation is 1. The van der Waals surface area contributed by atoms with Gasteiger partial charge in [-0.25, -0.2) is 9.37 Å². The number of methoxy groups -OCH3 is 1. The van der Waals surface area contributed by atoms with Crippen molar-refractivity contribution >= 4 is 22.3 Å². The quantitative estimate of drug-likeness (QED) is 0.863. The number of anilines is 1. The maximum absolute atomic E-state index is 14.6. The minimum absolute atomic E-state index is 0.162. The molecule has 0 atom stereocenters. The predicted octanol–water partition coefficient (Wildman–Crippen LogP) is 4.30. The summed E-state index contributed by atoms with van der Waals surface area (Å²) in [4.78, 5) is 7.10. The number of benzene rings is 1. The summed E-state index contributed by atoms with van der Waals surface area (Å²) in [7, 11) is 1.70. The Morgan fingerprint density at radius 2 is 2.15 bits per heavy atom. The molecule has 1 N–H and O–H groups in total. The van der Waals surface area contributed by atoms with Gasteiger partial charge in [0.1, 0.15) is 5.82 Å². The molecule has 4 nitrogen and oxygen atoms in total. The van der Waals surface area contributed by atoms with E-state index in [1.54, 1.807) is 13.2 Å². The van der Waals surface area contributed by atoms with Crippen molar-refractivity contribution < 1.29 is 9.13 Å². The summed E-state index contributed by atoms with van der Waals surface area (Å²) in [5.74, 6) is -0.162. The van der Waals surface area contributed by atoms with E-state index in [0.29, 0.717) is 6.61 Å². The van der Waals surface area contributed by atoms with Crippen LogP contribution < -0.4 is 5.32 Å². The molecule has 0 amide bonds. The molecule has 138 valence electrons. The number of hydrogen-bond acceptors (Lipinski definition) is 4. The minimum atomic E-state index is -0.162. The number of ether oxygens (including phenoxy) is 1. The first-order valence-electron chi connectivity index (χ1n) is 9.27. The van der Waals surface area contributed by atoms with Gasteiger partial charge in [-0.2, -0.15) is 0 Å². The van der Waals surface area contributed by atoms with E-state index in [4.69, 9.17) is 9.72 Å².